The summed E-state index contributed by atoms with van der Waals surface area (Å²) in [6.45, 7) is 1.21. The predicted octanol–water partition coefficient (Wildman–Crippen LogP) is 5.16. The van der Waals surface area contributed by atoms with Gasteiger partial charge >= 0.3 is 0 Å². The molecule has 0 aliphatic heterocycles. The van der Waals surface area contributed by atoms with Gasteiger partial charge in [0.25, 0.3) is 0 Å². The van der Waals surface area contributed by atoms with Gasteiger partial charge in [-0.2, -0.15) is 0 Å². The van der Waals surface area contributed by atoms with Crippen molar-refractivity contribution in [2.24, 2.45) is 0 Å². The minimum absolute atomic E-state index is 0.126. The number of carbonyl (C=O) groups excluding carboxylic acids is 1. The summed E-state index contributed by atoms with van der Waals surface area (Å²) in [5.41, 5.74) is 4.29. The smallest absolute Gasteiger partial charge is 0.210 e. The maximum absolute atomic E-state index is 11.9. The van der Waals surface area contributed by atoms with Crippen LogP contribution < -0.4 is 0 Å². The standard InChI is InChI=1S/C24H29N3O2S/c1-29-13-12-27(18-28)24(10-6-3-7-11-24)15-21-14-20(16-25-21)23-26-22(17-30-23)19-8-4-2-5-9-19/h2,4-5,8-9,14,16-18,25H,3,6-7,10-13,15H2,1H3. The van der Waals surface area contributed by atoms with Gasteiger partial charge in [0.2, 0.25) is 6.41 Å². The second-order valence-corrected chi connectivity index (χ2v) is 8.93. The van der Waals surface area contributed by atoms with Crippen molar-refractivity contribution in [3.05, 3.63) is 53.7 Å². The SMILES string of the molecule is COCCN(C=O)C1(Cc2cc(-c3nc(-c4ccccc4)cs3)c[nH]2)CCCCC1. The zero-order valence-corrected chi connectivity index (χ0v) is 18.3. The molecule has 0 spiro atoms. The maximum Gasteiger partial charge on any atom is 0.210 e. The molecule has 1 aliphatic carbocycles. The molecule has 5 nitrogen and oxygen atoms in total. The van der Waals surface area contributed by atoms with Crippen molar-refractivity contribution in [1.29, 1.82) is 0 Å². The molecule has 1 amide bonds. The van der Waals surface area contributed by atoms with E-state index in [0.717, 1.165) is 66.0 Å². The number of amides is 1. The van der Waals surface area contributed by atoms with Crippen LogP contribution in [0.5, 0.6) is 0 Å². The van der Waals surface area contributed by atoms with E-state index in [1.165, 1.54) is 6.42 Å². The monoisotopic (exact) mass is 423 g/mol. The number of rotatable bonds is 9. The van der Waals surface area contributed by atoms with Crippen LogP contribution in [-0.4, -0.2) is 47.1 Å². The van der Waals surface area contributed by atoms with E-state index in [9.17, 15) is 4.79 Å². The molecule has 0 unspecified atom stereocenters. The van der Waals surface area contributed by atoms with Crippen molar-refractivity contribution >= 4 is 17.7 Å². The molecule has 1 aromatic carbocycles. The van der Waals surface area contributed by atoms with Crippen LogP contribution >= 0.6 is 11.3 Å². The van der Waals surface area contributed by atoms with Crippen molar-refractivity contribution in [3.8, 4) is 21.8 Å². The molecule has 1 fully saturated rings. The van der Waals surface area contributed by atoms with Crippen LogP contribution in [0.4, 0.5) is 0 Å². The molecule has 158 valence electrons. The molecular weight excluding hydrogens is 394 g/mol. The number of methoxy groups -OCH3 is 1. The summed E-state index contributed by atoms with van der Waals surface area (Å²) in [6.07, 6.45) is 9.55. The Morgan fingerprint density at radius 3 is 2.73 bits per heavy atom. The van der Waals surface area contributed by atoms with E-state index < -0.39 is 0 Å². The lowest BCUT2D eigenvalue weighted by atomic mass is 9.77. The highest BCUT2D eigenvalue weighted by atomic mass is 32.1. The number of ether oxygens (including phenoxy) is 1. The van der Waals surface area contributed by atoms with Crippen LogP contribution in [0.15, 0.2) is 48.0 Å². The summed E-state index contributed by atoms with van der Waals surface area (Å²) in [4.78, 5) is 22.2. The number of aromatic amines is 1. The van der Waals surface area contributed by atoms with Gasteiger partial charge in [-0.25, -0.2) is 4.98 Å². The molecule has 0 saturated heterocycles. The van der Waals surface area contributed by atoms with E-state index in [-0.39, 0.29) is 5.54 Å². The Balaban J connectivity index is 1.54. The lowest BCUT2D eigenvalue weighted by molar-refractivity contribution is -0.126. The lowest BCUT2D eigenvalue weighted by Gasteiger charge is -2.44. The van der Waals surface area contributed by atoms with Crippen molar-refractivity contribution < 1.29 is 9.53 Å². The third-order valence-electron chi connectivity index (χ3n) is 6.14. The predicted molar refractivity (Wildman–Crippen MR) is 122 cm³/mol. The van der Waals surface area contributed by atoms with E-state index in [2.05, 4.69) is 28.6 Å². The number of aromatic nitrogens is 2. The van der Waals surface area contributed by atoms with Gasteiger partial charge in [-0.05, 0) is 18.9 Å². The lowest BCUT2D eigenvalue weighted by Crippen LogP contribution is -2.52. The third kappa shape index (κ3) is 4.50. The number of nitrogens with zero attached hydrogens (tertiary/aromatic N) is 2. The maximum atomic E-state index is 11.9. The summed E-state index contributed by atoms with van der Waals surface area (Å²) in [7, 11) is 1.69. The first-order valence-corrected chi connectivity index (χ1v) is 11.5. The Morgan fingerprint density at radius 1 is 1.20 bits per heavy atom. The van der Waals surface area contributed by atoms with Gasteiger partial charge in [0, 0.05) is 54.0 Å². The molecule has 4 rings (SSSR count). The Bertz CT molecular complexity index is 944. The molecule has 30 heavy (non-hydrogen) atoms. The zero-order valence-electron chi connectivity index (χ0n) is 17.5. The number of H-pyrrole nitrogens is 1. The molecule has 0 radical (unpaired) electrons. The summed E-state index contributed by atoms with van der Waals surface area (Å²) in [5.74, 6) is 0. The Labute approximate surface area is 182 Å². The molecule has 3 aromatic rings. The molecule has 6 heteroatoms. The average molecular weight is 424 g/mol. The van der Waals surface area contributed by atoms with Gasteiger partial charge in [0.15, 0.2) is 0 Å². The van der Waals surface area contributed by atoms with Crippen molar-refractivity contribution in [2.75, 3.05) is 20.3 Å². The van der Waals surface area contributed by atoms with E-state index in [1.54, 1.807) is 18.4 Å². The van der Waals surface area contributed by atoms with Crippen molar-refractivity contribution in [1.82, 2.24) is 14.9 Å². The van der Waals surface area contributed by atoms with Crippen LogP contribution in [0.3, 0.4) is 0 Å². The van der Waals surface area contributed by atoms with Gasteiger partial charge in [-0.15, -0.1) is 11.3 Å². The van der Waals surface area contributed by atoms with Crippen LogP contribution in [-0.2, 0) is 16.0 Å². The van der Waals surface area contributed by atoms with E-state index in [0.29, 0.717) is 13.2 Å². The van der Waals surface area contributed by atoms with Crippen molar-refractivity contribution in [2.45, 2.75) is 44.1 Å². The van der Waals surface area contributed by atoms with Crippen LogP contribution in [0, 0.1) is 0 Å². The molecule has 2 heterocycles. The first kappa shape index (κ1) is 20.8. The van der Waals surface area contributed by atoms with Gasteiger partial charge in [0.1, 0.15) is 5.01 Å². The second-order valence-electron chi connectivity index (χ2n) is 8.07. The van der Waals surface area contributed by atoms with Gasteiger partial charge in [-0.3, -0.25) is 4.79 Å². The van der Waals surface area contributed by atoms with Gasteiger partial charge in [0.05, 0.1) is 12.3 Å². The molecule has 1 saturated carbocycles. The Hall–Kier alpha value is -2.44. The van der Waals surface area contributed by atoms with Crippen LogP contribution in [0.2, 0.25) is 0 Å². The van der Waals surface area contributed by atoms with Crippen molar-refractivity contribution in [3.63, 3.8) is 0 Å². The summed E-state index contributed by atoms with van der Waals surface area (Å²) in [5, 5.41) is 3.12. The van der Waals surface area contributed by atoms with Gasteiger partial charge < -0.3 is 14.6 Å². The number of nitrogens with one attached hydrogen (secondary N) is 1. The molecule has 1 N–H and O–H groups in total. The van der Waals surface area contributed by atoms with E-state index >= 15 is 0 Å². The number of hydrogen-bond acceptors (Lipinski definition) is 4. The van der Waals surface area contributed by atoms with E-state index in [4.69, 9.17) is 9.72 Å². The normalized spacial score (nSPS) is 15.8. The first-order chi connectivity index (χ1) is 14.7. The van der Waals surface area contributed by atoms with Gasteiger partial charge in [-0.1, -0.05) is 49.6 Å². The highest BCUT2D eigenvalue weighted by molar-refractivity contribution is 7.13. The molecule has 0 bridgehead atoms. The molecule has 2 aromatic heterocycles. The Kier molecular flexibility index (Phi) is 6.65. The fourth-order valence-corrected chi connectivity index (χ4v) is 5.35. The third-order valence-corrected chi connectivity index (χ3v) is 7.03. The average Bonchev–Trinajstić information content (AvgIpc) is 3.45. The highest BCUT2D eigenvalue weighted by Gasteiger charge is 2.37. The first-order valence-electron chi connectivity index (χ1n) is 10.6. The summed E-state index contributed by atoms with van der Waals surface area (Å²) < 4.78 is 5.25. The number of hydrogen-bond donors (Lipinski definition) is 1. The van der Waals surface area contributed by atoms with Crippen LogP contribution in [0.25, 0.3) is 21.8 Å². The second kappa shape index (κ2) is 9.58. The minimum Gasteiger partial charge on any atom is -0.383 e. The minimum atomic E-state index is -0.126. The quantitative estimate of drug-likeness (QED) is 0.484. The Morgan fingerprint density at radius 2 is 2.00 bits per heavy atom. The molecule has 0 atom stereocenters. The zero-order chi connectivity index (χ0) is 20.8. The van der Waals surface area contributed by atoms with Crippen LogP contribution in [0.1, 0.15) is 37.8 Å². The molecular formula is C24H29N3O2S. The fourth-order valence-electron chi connectivity index (χ4n) is 4.54. The highest BCUT2D eigenvalue weighted by Crippen LogP contribution is 2.37. The fraction of sp³-hybridized carbons (Fsp3) is 0.417. The molecule has 1 aliphatic rings. The summed E-state index contributed by atoms with van der Waals surface area (Å²) >= 11 is 1.66. The summed E-state index contributed by atoms with van der Waals surface area (Å²) in [6, 6.07) is 12.5. The van der Waals surface area contributed by atoms with E-state index in [1.807, 2.05) is 29.3 Å². The largest absolute Gasteiger partial charge is 0.383 e. The number of carbonyl (C=O) groups is 1. The topological polar surface area (TPSA) is 58.2 Å². The number of thiazole rings is 1. The number of benzene rings is 1.